The average molecular weight is 439 g/mol. The molecule has 2 heterocycles. The van der Waals surface area contributed by atoms with E-state index in [0.29, 0.717) is 17.9 Å². The van der Waals surface area contributed by atoms with Crippen LogP contribution in [0.5, 0.6) is 0 Å². The molecule has 0 saturated carbocycles. The molecule has 4 aromatic rings. The molecular weight excluding hydrogens is 416 g/mol. The predicted molar refractivity (Wildman–Crippen MR) is 117 cm³/mol. The van der Waals surface area contributed by atoms with Crippen LogP contribution in [0.4, 0.5) is 5.69 Å². The van der Waals surface area contributed by atoms with Crippen LogP contribution in [0.1, 0.15) is 18.5 Å². The van der Waals surface area contributed by atoms with Gasteiger partial charge < -0.3 is 14.3 Å². The molecular formula is C22H22N4O4S. The standard InChI is InChI=1S/C22H22N4O4S/c1-2-21-25-19-7-3-4-8-20(19)26(21)15-22(27)24-16-9-11-18(12-10-16)31(28,29)23-14-17-6-5-13-30-17/h3-13,23H,2,14-15H2,1H3,(H,24,27). The van der Waals surface area contributed by atoms with Crippen molar-refractivity contribution in [2.24, 2.45) is 0 Å². The number of carbonyl (C=O) groups is 1. The zero-order valence-corrected chi connectivity index (χ0v) is 17.7. The maximum absolute atomic E-state index is 12.6. The van der Waals surface area contributed by atoms with Crippen molar-refractivity contribution in [3.8, 4) is 0 Å². The van der Waals surface area contributed by atoms with Crippen molar-refractivity contribution >= 4 is 32.7 Å². The van der Waals surface area contributed by atoms with Gasteiger partial charge in [0.1, 0.15) is 18.1 Å². The molecule has 31 heavy (non-hydrogen) atoms. The van der Waals surface area contributed by atoms with E-state index < -0.39 is 10.0 Å². The predicted octanol–water partition coefficient (Wildman–Crippen LogP) is 3.31. The first-order valence-corrected chi connectivity index (χ1v) is 11.3. The van der Waals surface area contributed by atoms with Gasteiger partial charge in [-0.2, -0.15) is 0 Å². The van der Waals surface area contributed by atoms with E-state index in [1.165, 1.54) is 18.4 Å². The summed E-state index contributed by atoms with van der Waals surface area (Å²) in [6, 6.07) is 17.1. The number of hydrogen-bond donors (Lipinski definition) is 2. The minimum Gasteiger partial charge on any atom is -0.468 e. The van der Waals surface area contributed by atoms with Gasteiger partial charge in [0, 0.05) is 12.1 Å². The Bertz CT molecular complexity index is 1290. The number of benzene rings is 2. The van der Waals surface area contributed by atoms with Crippen molar-refractivity contribution in [3.05, 3.63) is 78.5 Å². The Kier molecular flexibility index (Phi) is 5.88. The summed E-state index contributed by atoms with van der Waals surface area (Å²) in [5, 5.41) is 2.81. The second-order valence-corrected chi connectivity index (χ2v) is 8.70. The number of aryl methyl sites for hydroxylation is 1. The Morgan fingerprint density at radius 1 is 1.06 bits per heavy atom. The molecule has 1 amide bonds. The van der Waals surface area contributed by atoms with Crippen LogP contribution in [0.25, 0.3) is 11.0 Å². The second-order valence-electron chi connectivity index (χ2n) is 6.93. The Morgan fingerprint density at radius 3 is 2.55 bits per heavy atom. The number of nitrogens with one attached hydrogen (secondary N) is 2. The summed E-state index contributed by atoms with van der Waals surface area (Å²) in [6.45, 7) is 2.18. The van der Waals surface area contributed by atoms with Gasteiger partial charge in [0.05, 0.1) is 28.7 Å². The molecule has 4 rings (SSSR count). The minimum absolute atomic E-state index is 0.0619. The van der Waals surface area contributed by atoms with Crippen LogP contribution in [-0.2, 0) is 34.3 Å². The van der Waals surface area contributed by atoms with E-state index in [4.69, 9.17) is 4.42 Å². The first-order valence-electron chi connectivity index (χ1n) is 9.82. The normalized spacial score (nSPS) is 11.6. The van der Waals surface area contributed by atoms with E-state index in [-0.39, 0.29) is 23.9 Å². The molecule has 160 valence electrons. The molecule has 0 aliphatic rings. The number of para-hydroxylation sites is 2. The Balaban J connectivity index is 1.43. The number of furan rings is 1. The fourth-order valence-electron chi connectivity index (χ4n) is 3.30. The van der Waals surface area contributed by atoms with Crippen LogP contribution in [-0.4, -0.2) is 23.9 Å². The molecule has 0 aliphatic carbocycles. The van der Waals surface area contributed by atoms with E-state index in [9.17, 15) is 13.2 Å². The quantitative estimate of drug-likeness (QED) is 0.439. The number of nitrogens with zero attached hydrogens (tertiary/aromatic N) is 2. The number of anilines is 1. The molecule has 0 aliphatic heterocycles. The number of hydrogen-bond acceptors (Lipinski definition) is 5. The summed E-state index contributed by atoms with van der Waals surface area (Å²) < 4.78 is 34.3. The largest absolute Gasteiger partial charge is 0.468 e. The van der Waals surface area contributed by atoms with Gasteiger partial charge >= 0.3 is 0 Å². The van der Waals surface area contributed by atoms with Crippen LogP contribution in [0.15, 0.2) is 76.2 Å². The minimum atomic E-state index is -3.69. The van der Waals surface area contributed by atoms with E-state index >= 15 is 0 Å². The van der Waals surface area contributed by atoms with Crippen LogP contribution < -0.4 is 10.0 Å². The van der Waals surface area contributed by atoms with Crippen LogP contribution in [0.2, 0.25) is 0 Å². The molecule has 2 aromatic carbocycles. The highest BCUT2D eigenvalue weighted by Crippen LogP contribution is 2.18. The fraction of sp³-hybridized carbons (Fsp3) is 0.182. The first kappa shape index (κ1) is 20.8. The van der Waals surface area contributed by atoms with Crippen molar-refractivity contribution in [1.82, 2.24) is 14.3 Å². The summed E-state index contributed by atoms with van der Waals surface area (Å²) in [6.07, 6.45) is 2.19. The van der Waals surface area contributed by atoms with Gasteiger partial charge in [0.25, 0.3) is 0 Å². The lowest BCUT2D eigenvalue weighted by molar-refractivity contribution is -0.116. The molecule has 0 unspecified atom stereocenters. The topological polar surface area (TPSA) is 106 Å². The smallest absolute Gasteiger partial charge is 0.244 e. The number of carbonyl (C=O) groups excluding carboxylic acids is 1. The highest BCUT2D eigenvalue weighted by molar-refractivity contribution is 7.89. The number of imidazole rings is 1. The maximum Gasteiger partial charge on any atom is 0.244 e. The average Bonchev–Trinajstić information content (AvgIpc) is 3.41. The van der Waals surface area contributed by atoms with Gasteiger partial charge in [-0.1, -0.05) is 19.1 Å². The lowest BCUT2D eigenvalue weighted by Gasteiger charge is -2.10. The number of amides is 1. The van der Waals surface area contributed by atoms with Gasteiger partial charge in [-0.25, -0.2) is 18.1 Å². The van der Waals surface area contributed by atoms with Crippen molar-refractivity contribution in [2.75, 3.05) is 5.32 Å². The molecule has 0 bridgehead atoms. The zero-order chi connectivity index (χ0) is 21.8. The number of sulfonamides is 1. The number of rotatable bonds is 8. The summed E-state index contributed by atoms with van der Waals surface area (Å²) in [5.41, 5.74) is 2.26. The Labute approximate surface area is 180 Å². The summed E-state index contributed by atoms with van der Waals surface area (Å²) in [7, 11) is -3.69. The third kappa shape index (κ3) is 4.68. The Morgan fingerprint density at radius 2 is 1.84 bits per heavy atom. The van der Waals surface area contributed by atoms with Crippen LogP contribution in [0.3, 0.4) is 0 Å². The van der Waals surface area contributed by atoms with Crippen molar-refractivity contribution in [3.63, 3.8) is 0 Å². The maximum atomic E-state index is 12.6. The number of aromatic nitrogens is 2. The molecule has 0 radical (unpaired) electrons. The highest BCUT2D eigenvalue weighted by Gasteiger charge is 2.16. The fourth-order valence-corrected chi connectivity index (χ4v) is 4.29. The molecule has 2 aromatic heterocycles. The zero-order valence-electron chi connectivity index (χ0n) is 16.9. The van der Waals surface area contributed by atoms with Crippen molar-refractivity contribution in [2.45, 2.75) is 31.3 Å². The highest BCUT2D eigenvalue weighted by atomic mass is 32.2. The lowest BCUT2D eigenvalue weighted by Crippen LogP contribution is -2.23. The summed E-state index contributed by atoms with van der Waals surface area (Å²) >= 11 is 0. The summed E-state index contributed by atoms with van der Waals surface area (Å²) in [5.74, 6) is 1.13. The van der Waals surface area contributed by atoms with Gasteiger partial charge in [0.2, 0.25) is 15.9 Å². The second kappa shape index (κ2) is 8.75. The summed E-state index contributed by atoms with van der Waals surface area (Å²) in [4.78, 5) is 17.3. The Hall–Kier alpha value is -3.43. The molecule has 0 saturated heterocycles. The molecule has 2 N–H and O–H groups in total. The van der Waals surface area contributed by atoms with Gasteiger partial charge in [0.15, 0.2) is 0 Å². The third-order valence-corrected chi connectivity index (χ3v) is 6.23. The SMILES string of the molecule is CCc1nc2ccccc2n1CC(=O)Nc1ccc(S(=O)(=O)NCc2ccco2)cc1. The lowest BCUT2D eigenvalue weighted by atomic mass is 10.3. The van der Waals surface area contributed by atoms with Crippen molar-refractivity contribution in [1.29, 1.82) is 0 Å². The van der Waals surface area contributed by atoms with Gasteiger partial charge in [-0.3, -0.25) is 4.79 Å². The molecule has 0 fully saturated rings. The molecule has 8 nitrogen and oxygen atoms in total. The van der Waals surface area contributed by atoms with Crippen molar-refractivity contribution < 1.29 is 17.6 Å². The first-order chi connectivity index (χ1) is 15.0. The number of fused-ring (bicyclic) bond motifs is 1. The monoisotopic (exact) mass is 438 g/mol. The van der Waals surface area contributed by atoms with Gasteiger partial charge in [-0.05, 0) is 48.5 Å². The van der Waals surface area contributed by atoms with E-state index in [2.05, 4.69) is 15.0 Å². The third-order valence-electron chi connectivity index (χ3n) is 4.82. The van der Waals surface area contributed by atoms with Crippen LogP contribution >= 0.6 is 0 Å². The van der Waals surface area contributed by atoms with E-state index in [0.717, 1.165) is 16.9 Å². The van der Waals surface area contributed by atoms with E-state index in [1.807, 2.05) is 35.8 Å². The van der Waals surface area contributed by atoms with Crippen LogP contribution in [0, 0.1) is 0 Å². The molecule has 0 spiro atoms. The van der Waals surface area contributed by atoms with Gasteiger partial charge in [-0.15, -0.1) is 0 Å². The molecule has 0 atom stereocenters. The molecule has 9 heteroatoms. The van der Waals surface area contributed by atoms with E-state index in [1.54, 1.807) is 24.3 Å².